The Kier molecular flexibility index (Phi) is 6.35. The predicted molar refractivity (Wildman–Crippen MR) is 94.1 cm³/mol. The number of nitro groups is 1. The van der Waals surface area contributed by atoms with Gasteiger partial charge in [0.2, 0.25) is 0 Å². The molecule has 0 atom stereocenters. The minimum Gasteiger partial charge on any atom is -0.496 e. The van der Waals surface area contributed by atoms with E-state index in [1.807, 2.05) is 0 Å². The Labute approximate surface area is 152 Å². The molecule has 8 heteroatoms. The highest BCUT2D eigenvalue weighted by molar-refractivity contribution is 9.10. The Morgan fingerprint density at radius 1 is 1.20 bits per heavy atom. The maximum absolute atomic E-state index is 12.1. The molecule has 0 fully saturated rings. The number of rotatable bonds is 7. The molecule has 0 aliphatic rings. The van der Waals surface area contributed by atoms with E-state index < -0.39 is 10.9 Å². The lowest BCUT2D eigenvalue weighted by atomic mass is 10.2. The van der Waals surface area contributed by atoms with Crippen molar-refractivity contribution in [3.8, 4) is 11.5 Å². The van der Waals surface area contributed by atoms with Crippen LogP contribution < -0.4 is 9.47 Å². The number of hydrogen-bond donors (Lipinski definition) is 0. The zero-order valence-electron chi connectivity index (χ0n) is 13.7. The number of carbonyl (C=O) groups is 1. The highest BCUT2D eigenvalue weighted by Crippen LogP contribution is 2.29. The molecule has 0 heterocycles. The van der Waals surface area contributed by atoms with Gasteiger partial charge in [-0.25, -0.2) is 4.79 Å². The van der Waals surface area contributed by atoms with Gasteiger partial charge in [-0.1, -0.05) is 6.07 Å². The first-order chi connectivity index (χ1) is 12.0. The molecule has 0 aliphatic heterocycles. The van der Waals surface area contributed by atoms with Crippen LogP contribution in [0.15, 0.2) is 40.9 Å². The van der Waals surface area contributed by atoms with Crippen molar-refractivity contribution in [2.45, 2.75) is 13.5 Å². The van der Waals surface area contributed by atoms with E-state index >= 15 is 0 Å². The zero-order valence-corrected chi connectivity index (χ0v) is 15.2. The van der Waals surface area contributed by atoms with Gasteiger partial charge in [-0.05, 0) is 52.7 Å². The van der Waals surface area contributed by atoms with Crippen LogP contribution in [0.3, 0.4) is 0 Å². The quantitative estimate of drug-likeness (QED) is 0.388. The minimum absolute atomic E-state index is 0.0302. The molecule has 0 radical (unpaired) electrons. The normalized spacial score (nSPS) is 10.2. The Hall–Kier alpha value is -2.61. The van der Waals surface area contributed by atoms with Crippen molar-refractivity contribution in [1.29, 1.82) is 0 Å². The monoisotopic (exact) mass is 409 g/mol. The van der Waals surface area contributed by atoms with Gasteiger partial charge in [-0.3, -0.25) is 10.1 Å². The lowest BCUT2D eigenvalue weighted by Gasteiger charge is -2.09. The van der Waals surface area contributed by atoms with E-state index in [0.717, 1.165) is 16.1 Å². The fourth-order valence-electron chi connectivity index (χ4n) is 2.10. The molecule has 132 valence electrons. The molecule has 0 aliphatic carbocycles. The second kappa shape index (κ2) is 8.48. The Balaban J connectivity index is 2.11. The van der Waals surface area contributed by atoms with Gasteiger partial charge >= 0.3 is 11.7 Å². The largest absolute Gasteiger partial charge is 0.496 e. The van der Waals surface area contributed by atoms with Gasteiger partial charge in [-0.2, -0.15) is 0 Å². The summed E-state index contributed by atoms with van der Waals surface area (Å²) in [6.45, 7) is 2.04. The van der Waals surface area contributed by atoms with Gasteiger partial charge < -0.3 is 14.2 Å². The van der Waals surface area contributed by atoms with E-state index in [0.29, 0.717) is 5.75 Å². The van der Waals surface area contributed by atoms with Crippen LogP contribution in [0.2, 0.25) is 0 Å². The average molecular weight is 410 g/mol. The highest BCUT2D eigenvalue weighted by atomic mass is 79.9. The lowest BCUT2D eigenvalue weighted by molar-refractivity contribution is -0.385. The third-order valence-electron chi connectivity index (χ3n) is 3.28. The molecule has 0 spiro atoms. The van der Waals surface area contributed by atoms with Gasteiger partial charge in [-0.15, -0.1) is 0 Å². The van der Waals surface area contributed by atoms with Crippen LogP contribution in [0.4, 0.5) is 5.69 Å². The van der Waals surface area contributed by atoms with Crippen molar-refractivity contribution in [3.63, 3.8) is 0 Å². The fraction of sp³-hybridized carbons (Fsp3) is 0.235. The second-order valence-electron chi connectivity index (χ2n) is 4.92. The third-order valence-corrected chi connectivity index (χ3v) is 3.90. The first-order valence-electron chi connectivity index (χ1n) is 7.37. The standard InChI is InChI=1S/C17H16BrNO6/c1-3-24-16-7-5-12(9-14(16)19(21)22)17(20)25-10-11-4-6-15(23-2)13(18)8-11/h4-9H,3,10H2,1-2H3. The number of nitrogens with zero attached hydrogens (tertiary/aromatic N) is 1. The number of benzene rings is 2. The Morgan fingerprint density at radius 3 is 2.52 bits per heavy atom. The molecule has 2 rings (SSSR count). The Bertz CT molecular complexity index is 793. The minimum atomic E-state index is -0.655. The third kappa shape index (κ3) is 4.69. The van der Waals surface area contributed by atoms with Gasteiger partial charge in [0.05, 0.1) is 28.7 Å². The summed E-state index contributed by atoms with van der Waals surface area (Å²) in [7, 11) is 1.55. The molecule has 25 heavy (non-hydrogen) atoms. The Morgan fingerprint density at radius 2 is 1.92 bits per heavy atom. The smallest absolute Gasteiger partial charge is 0.338 e. The van der Waals surface area contributed by atoms with E-state index in [2.05, 4.69) is 15.9 Å². The molecule has 0 N–H and O–H groups in total. The van der Waals surface area contributed by atoms with Gasteiger partial charge in [0.15, 0.2) is 5.75 Å². The van der Waals surface area contributed by atoms with Gasteiger partial charge in [0.25, 0.3) is 0 Å². The summed E-state index contributed by atoms with van der Waals surface area (Å²) in [5, 5.41) is 11.1. The average Bonchev–Trinajstić information content (AvgIpc) is 2.60. The molecule has 0 aromatic heterocycles. The predicted octanol–water partition coefficient (Wildman–Crippen LogP) is 4.12. The molecule has 7 nitrogen and oxygen atoms in total. The second-order valence-corrected chi connectivity index (χ2v) is 5.77. The number of carbonyl (C=O) groups excluding carboxylic acids is 1. The SMILES string of the molecule is CCOc1ccc(C(=O)OCc2ccc(OC)c(Br)c2)cc1[N+](=O)[O-]. The van der Waals surface area contributed by atoms with Crippen LogP contribution in [0.1, 0.15) is 22.8 Å². The summed E-state index contributed by atoms with van der Waals surface area (Å²) in [4.78, 5) is 22.7. The van der Waals surface area contributed by atoms with Crippen LogP contribution in [-0.2, 0) is 11.3 Å². The number of esters is 1. The van der Waals surface area contributed by atoms with E-state index in [-0.39, 0.29) is 30.2 Å². The number of ether oxygens (including phenoxy) is 3. The van der Waals surface area contributed by atoms with E-state index in [1.54, 1.807) is 32.2 Å². The molecule has 2 aromatic carbocycles. The van der Waals surface area contributed by atoms with Crippen molar-refractivity contribution in [3.05, 3.63) is 62.1 Å². The highest BCUT2D eigenvalue weighted by Gasteiger charge is 2.19. The number of nitro benzene ring substituents is 1. The maximum atomic E-state index is 12.1. The summed E-state index contributed by atoms with van der Waals surface area (Å²) < 4.78 is 16.3. The number of halogens is 1. The van der Waals surface area contributed by atoms with Crippen LogP contribution in [0, 0.1) is 10.1 Å². The molecule has 0 unspecified atom stereocenters. The first kappa shape index (κ1) is 18.7. The van der Waals surface area contributed by atoms with Crippen molar-refractivity contribution in [2.24, 2.45) is 0 Å². The summed E-state index contributed by atoms with van der Waals surface area (Å²) in [5.74, 6) is 0.124. The van der Waals surface area contributed by atoms with E-state index in [9.17, 15) is 14.9 Å². The van der Waals surface area contributed by atoms with Crippen LogP contribution in [-0.4, -0.2) is 24.6 Å². The van der Waals surface area contributed by atoms with Crippen molar-refractivity contribution < 1.29 is 23.9 Å². The van der Waals surface area contributed by atoms with Crippen molar-refractivity contribution in [2.75, 3.05) is 13.7 Å². The van der Waals surface area contributed by atoms with E-state index in [1.165, 1.54) is 12.1 Å². The molecule has 2 aromatic rings. The van der Waals surface area contributed by atoms with Crippen molar-refractivity contribution >= 4 is 27.6 Å². The lowest BCUT2D eigenvalue weighted by Crippen LogP contribution is -2.07. The maximum Gasteiger partial charge on any atom is 0.338 e. The zero-order chi connectivity index (χ0) is 18.4. The van der Waals surface area contributed by atoms with Crippen LogP contribution in [0.5, 0.6) is 11.5 Å². The fourth-order valence-corrected chi connectivity index (χ4v) is 2.68. The summed E-state index contributed by atoms with van der Waals surface area (Å²) in [6, 6.07) is 9.25. The molecule has 0 bridgehead atoms. The van der Waals surface area contributed by atoms with Gasteiger partial charge in [0.1, 0.15) is 12.4 Å². The van der Waals surface area contributed by atoms with Gasteiger partial charge in [0, 0.05) is 6.07 Å². The summed E-state index contributed by atoms with van der Waals surface area (Å²) >= 11 is 3.35. The molecular formula is C17H16BrNO6. The van der Waals surface area contributed by atoms with E-state index in [4.69, 9.17) is 14.2 Å². The van der Waals surface area contributed by atoms with Crippen LogP contribution in [0.25, 0.3) is 0 Å². The molecule has 0 saturated heterocycles. The molecule has 0 amide bonds. The first-order valence-corrected chi connectivity index (χ1v) is 8.16. The molecule has 0 saturated carbocycles. The van der Waals surface area contributed by atoms with Crippen LogP contribution >= 0.6 is 15.9 Å². The number of hydrogen-bond acceptors (Lipinski definition) is 6. The number of methoxy groups -OCH3 is 1. The molecular weight excluding hydrogens is 394 g/mol. The summed E-state index contributed by atoms with van der Waals surface area (Å²) in [6.07, 6.45) is 0. The topological polar surface area (TPSA) is 87.9 Å². The van der Waals surface area contributed by atoms with Crippen molar-refractivity contribution in [1.82, 2.24) is 0 Å². The summed E-state index contributed by atoms with van der Waals surface area (Å²) in [5.41, 5.74) is 0.563.